The van der Waals surface area contributed by atoms with Crippen LogP contribution < -0.4 is 14.8 Å². The minimum absolute atomic E-state index is 0.00623. The number of benzene rings is 2. The number of anilines is 1. The molecule has 132 valence electrons. The molecule has 1 aliphatic carbocycles. The van der Waals surface area contributed by atoms with Crippen LogP contribution >= 0.6 is 11.6 Å². The van der Waals surface area contributed by atoms with Crippen molar-refractivity contribution in [1.82, 2.24) is 4.72 Å². The number of halogens is 1. The smallest absolute Gasteiger partial charge is 0.257 e. The summed E-state index contributed by atoms with van der Waals surface area (Å²) >= 11 is 6.03. The highest BCUT2D eigenvalue weighted by molar-refractivity contribution is 7.89. The van der Waals surface area contributed by atoms with Gasteiger partial charge in [-0.3, -0.25) is 4.79 Å². The van der Waals surface area contributed by atoms with Crippen molar-refractivity contribution in [1.29, 1.82) is 0 Å². The van der Waals surface area contributed by atoms with Crippen LogP contribution in [0.5, 0.6) is 5.75 Å². The number of hydrogen-bond donors (Lipinski definition) is 2. The predicted molar refractivity (Wildman–Crippen MR) is 95.7 cm³/mol. The second kappa shape index (κ2) is 7.03. The largest absolute Gasteiger partial charge is 0.495 e. The lowest BCUT2D eigenvalue weighted by atomic mass is 10.2. The van der Waals surface area contributed by atoms with Crippen molar-refractivity contribution in [2.24, 2.45) is 0 Å². The molecule has 0 aliphatic heterocycles. The van der Waals surface area contributed by atoms with Crippen LogP contribution in [-0.2, 0) is 10.0 Å². The van der Waals surface area contributed by atoms with Gasteiger partial charge in [-0.1, -0.05) is 23.7 Å². The van der Waals surface area contributed by atoms with Gasteiger partial charge in [0.2, 0.25) is 10.0 Å². The summed E-state index contributed by atoms with van der Waals surface area (Å²) < 4.78 is 32.5. The Labute approximate surface area is 151 Å². The molecule has 0 saturated heterocycles. The van der Waals surface area contributed by atoms with Crippen molar-refractivity contribution in [2.75, 3.05) is 12.4 Å². The van der Waals surface area contributed by atoms with E-state index in [4.69, 9.17) is 16.3 Å². The zero-order valence-electron chi connectivity index (χ0n) is 13.5. The van der Waals surface area contributed by atoms with Crippen LogP contribution in [0.1, 0.15) is 23.2 Å². The molecule has 0 heterocycles. The standard InChI is InChI=1S/C17H17ClN2O4S/c1-24-16-9-8-12(25(22,23)20-11-6-7-11)10-15(16)19-17(21)13-4-2-3-5-14(13)18/h2-5,8-11,20H,6-7H2,1H3,(H,19,21). The Morgan fingerprint density at radius 1 is 1.20 bits per heavy atom. The first-order valence-electron chi connectivity index (χ1n) is 7.67. The Bertz CT molecular complexity index is 911. The van der Waals surface area contributed by atoms with Crippen LogP contribution in [0.25, 0.3) is 0 Å². The van der Waals surface area contributed by atoms with Crippen LogP contribution in [0, 0.1) is 0 Å². The lowest BCUT2D eigenvalue weighted by molar-refractivity contribution is 0.102. The van der Waals surface area contributed by atoms with E-state index in [-0.39, 0.29) is 22.2 Å². The molecule has 1 amide bonds. The average Bonchev–Trinajstić information content (AvgIpc) is 3.38. The highest BCUT2D eigenvalue weighted by atomic mass is 35.5. The molecule has 0 radical (unpaired) electrons. The van der Waals surface area contributed by atoms with E-state index in [1.54, 1.807) is 24.3 Å². The Hall–Kier alpha value is -2.09. The molecule has 0 aromatic heterocycles. The quantitative estimate of drug-likeness (QED) is 0.806. The number of carbonyl (C=O) groups excluding carboxylic acids is 1. The summed E-state index contributed by atoms with van der Waals surface area (Å²) in [4.78, 5) is 12.5. The van der Waals surface area contributed by atoms with Gasteiger partial charge in [-0.25, -0.2) is 13.1 Å². The SMILES string of the molecule is COc1ccc(S(=O)(=O)NC2CC2)cc1NC(=O)c1ccccc1Cl. The maximum absolute atomic E-state index is 12.4. The normalized spacial score (nSPS) is 14.2. The van der Waals surface area contributed by atoms with E-state index >= 15 is 0 Å². The second-order valence-corrected chi connectivity index (χ2v) is 7.81. The van der Waals surface area contributed by atoms with Crippen molar-refractivity contribution in [3.63, 3.8) is 0 Å². The topological polar surface area (TPSA) is 84.5 Å². The first-order chi connectivity index (χ1) is 11.9. The van der Waals surface area contributed by atoms with Crippen molar-refractivity contribution < 1.29 is 17.9 Å². The number of sulfonamides is 1. The number of methoxy groups -OCH3 is 1. The molecule has 2 N–H and O–H groups in total. The first kappa shape index (κ1) is 17.7. The molecule has 1 saturated carbocycles. The summed E-state index contributed by atoms with van der Waals surface area (Å²) in [6.07, 6.45) is 1.68. The van der Waals surface area contributed by atoms with Crippen LogP contribution in [0.2, 0.25) is 5.02 Å². The van der Waals surface area contributed by atoms with E-state index in [0.717, 1.165) is 12.8 Å². The van der Waals surface area contributed by atoms with Crippen molar-refractivity contribution in [3.8, 4) is 5.75 Å². The van der Waals surface area contributed by atoms with Crippen molar-refractivity contribution in [3.05, 3.63) is 53.1 Å². The van der Waals surface area contributed by atoms with Gasteiger partial charge in [0.25, 0.3) is 5.91 Å². The van der Waals surface area contributed by atoms with E-state index in [0.29, 0.717) is 10.8 Å². The molecule has 1 fully saturated rings. The lowest BCUT2D eigenvalue weighted by Crippen LogP contribution is -2.26. The Morgan fingerprint density at radius 3 is 2.56 bits per heavy atom. The van der Waals surface area contributed by atoms with Crippen LogP contribution in [0.4, 0.5) is 5.69 Å². The van der Waals surface area contributed by atoms with Crippen molar-refractivity contribution >= 4 is 33.2 Å². The van der Waals surface area contributed by atoms with Crippen molar-refractivity contribution in [2.45, 2.75) is 23.8 Å². The van der Waals surface area contributed by atoms with E-state index in [2.05, 4.69) is 10.0 Å². The molecule has 2 aromatic rings. The molecule has 6 nitrogen and oxygen atoms in total. The molecule has 0 spiro atoms. The van der Waals surface area contributed by atoms with Gasteiger partial charge >= 0.3 is 0 Å². The third-order valence-electron chi connectivity index (χ3n) is 3.75. The van der Waals surface area contributed by atoms with Gasteiger partial charge in [-0.05, 0) is 43.2 Å². The minimum Gasteiger partial charge on any atom is -0.495 e. The van der Waals surface area contributed by atoms with Gasteiger partial charge in [0, 0.05) is 6.04 Å². The number of rotatable bonds is 6. The summed E-state index contributed by atoms with van der Waals surface area (Å²) in [5.41, 5.74) is 0.543. The Balaban J connectivity index is 1.90. The molecule has 2 aromatic carbocycles. The van der Waals surface area contributed by atoms with E-state index < -0.39 is 15.9 Å². The molecule has 3 rings (SSSR count). The van der Waals surface area contributed by atoms with E-state index in [1.807, 2.05) is 0 Å². The average molecular weight is 381 g/mol. The molecular weight excluding hydrogens is 364 g/mol. The zero-order chi connectivity index (χ0) is 18.0. The number of nitrogens with one attached hydrogen (secondary N) is 2. The highest BCUT2D eigenvalue weighted by Gasteiger charge is 2.28. The monoisotopic (exact) mass is 380 g/mol. The summed E-state index contributed by atoms with van der Waals surface area (Å²) in [6, 6.07) is 10.9. The maximum Gasteiger partial charge on any atom is 0.257 e. The molecule has 0 atom stereocenters. The highest BCUT2D eigenvalue weighted by Crippen LogP contribution is 2.30. The number of carbonyl (C=O) groups is 1. The zero-order valence-corrected chi connectivity index (χ0v) is 15.0. The van der Waals surface area contributed by atoms with Gasteiger partial charge in [-0.2, -0.15) is 0 Å². The van der Waals surface area contributed by atoms with Gasteiger partial charge < -0.3 is 10.1 Å². The van der Waals surface area contributed by atoms with Gasteiger partial charge in [0.1, 0.15) is 5.75 Å². The predicted octanol–water partition coefficient (Wildman–Crippen LogP) is 3.04. The third-order valence-corrected chi connectivity index (χ3v) is 5.59. The number of ether oxygens (including phenoxy) is 1. The Kier molecular flexibility index (Phi) is 4.99. The maximum atomic E-state index is 12.4. The fraction of sp³-hybridized carbons (Fsp3) is 0.235. The van der Waals surface area contributed by atoms with Gasteiger partial charge in [-0.15, -0.1) is 0 Å². The summed E-state index contributed by atoms with van der Waals surface area (Å²) in [7, 11) is -2.19. The van der Waals surface area contributed by atoms with E-state index in [9.17, 15) is 13.2 Å². The van der Waals surface area contributed by atoms with Gasteiger partial charge in [0.05, 0.1) is 28.3 Å². The number of hydrogen-bond acceptors (Lipinski definition) is 4. The van der Waals surface area contributed by atoms with Crippen LogP contribution in [0.3, 0.4) is 0 Å². The van der Waals surface area contributed by atoms with Crippen LogP contribution in [0.15, 0.2) is 47.4 Å². The Morgan fingerprint density at radius 2 is 1.92 bits per heavy atom. The molecule has 0 unspecified atom stereocenters. The van der Waals surface area contributed by atoms with E-state index in [1.165, 1.54) is 25.3 Å². The van der Waals surface area contributed by atoms with Crippen LogP contribution in [-0.4, -0.2) is 27.5 Å². The lowest BCUT2D eigenvalue weighted by Gasteiger charge is -2.13. The number of amides is 1. The summed E-state index contributed by atoms with van der Waals surface area (Å²) in [6.45, 7) is 0. The fourth-order valence-corrected chi connectivity index (χ4v) is 3.83. The first-order valence-corrected chi connectivity index (χ1v) is 9.53. The molecule has 0 bridgehead atoms. The fourth-order valence-electron chi connectivity index (χ4n) is 2.28. The molecule has 1 aliphatic rings. The summed E-state index contributed by atoms with van der Waals surface area (Å²) in [5, 5.41) is 2.96. The summed E-state index contributed by atoms with van der Waals surface area (Å²) in [5.74, 6) is -0.0978. The third kappa shape index (κ3) is 4.12. The second-order valence-electron chi connectivity index (χ2n) is 5.69. The molecular formula is C17H17ClN2O4S. The minimum atomic E-state index is -3.64. The molecule has 25 heavy (non-hydrogen) atoms. The van der Waals surface area contributed by atoms with Gasteiger partial charge in [0.15, 0.2) is 0 Å². The molecule has 8 heteroatoms.